The minimum Gasteiger partial charge on any atom is -0.468 e. The fourth-order valence-electron chi connectivity index (χ4n) is 2.60. The minimum absolute atomic E-state index is 0.130. The minimum atomic E-state index is -3.85. The molecule has 0 fully saturated rings. The molecular formula is C18H23FN2O4S2. The van der Waals surface area contributed by atoms with Crippen LogP contribution in [0.2, 0.25) is 0 Å². The first-order chi connectivity index (χ1) is 12.8. The smallest absolute Gasteiger partial charge is 0.243 e. The molecular weight excluding hydrogens is 391 g/mol. The van der Waals surface area contributed by atoms with E-state index in [4.69, 9.17) is 4.42 Å². The van der Waals surface area contributed by atoms with Crippen LogP contribution in [0.25, 0.3) is 0 Å². The SMILES string of the molecule is CCC(C(=O)NCCSCc1ccco1)N(c1ccccc1F)S(C)(=O)=O. The van der Waals surface area contributed by atoms with E-state index in [9.17, 15) is 17.6 Å². The summed E-state index contributed by atoms with van der Waals surface area (Å²) < 4.78 is 44.8. The fraction of sp³-hybridized carbons (Fsp3) is 0.389. The average Bonchev–Trinajstić information content (AvgIpc) is 3.12. The van der Waals surface area contributed by atoms with E-state index in [0.717, 1.165) is 16.3 Å². The van der Waals surface area contributed by atoms with E-state index >= 15 is 0 Å². The molecule has 1 heterocycles. The van der Waals surface area contributed by atoms with E-state index in [-0.39, 0.29) is 12.1 Å². The van der Waals surface area contributed by atoms with Crippen molar-refractivity contribution in [2.24, 2.45) is 0 Å². The quantitative estimate of drug-likeness (QED) is 0.605. The molecule has 0 spiro atoms. The molecule has 9 heteroatoms. The summed E-state index contributed by atoms with van der Waals surface area (Å²) in [6, 6.07) is 8.19. The van der Waals surface area contributed by atoms with Gasteiger partial charge in [0.25, 0.3) is 0 Å². The van der Waals surface area contributed by atoms with Crippen LogP contribution in [0.15, 0.2) is 47.1 Å². The van der Waals surface area contributed by atoms with Crippen LogP contribution in [-0.2, 0) is 20.6 Å². The highest BCUT2D eigenvalue weighted by molar-refractivity contribution is 7.98. The van der Waals surface area contributed by atoms with Crippen LogP contribution in [0, 0.1) is 5.82 Å². The van der Waals surface area contributed by atoms with E-state index in [0.29, 0.717) is 18.1 Å². The number of furan rings is 1. The maximum atomic E-state index is 14.2. The summed E-state index contributed by atoms with van der Waals surface area (Å²) in [5.74, 6) is 1.03. The second-order valence-electron chi connectivity index (χ2n) is 5.86. The third kappa shape index (κ3) is 6.00. The van der Waals surface area contributed by atoms with Gasteiger partial charge in [-0.3, -0.25) is 9.10 Å². The van der Waals surface area contributed by atoms with Gasteiger partial charge in [-0.2, -0.15) is 11.8 Å². The van der Waals surface area contributed by atoms with Gasteiger partial charge in [-0.1, -0.05) is 19.1 Å². The number of hydrogen-bond acceptors (Lipinski definition) is 5. The lowest BCUT2D eigenvalue weighted by Crippen LogP contribution is -2.50. The van der Waals surface area contributed by atoms with E-state index in [2.05, 4.69) is 5.32 Å². The van der Waals surface area contributed by atoms with Crippen molar-refractivity contribution < 1.29 is 22.0 Å². The Morgan fingerprint density at radius 3 is 2.63 bits per heavy atom. The lowest BCUT2D eigenvalue weighted by Gasteiger charge is -2.30. The average molecular weight is 415 g/mol. The molecule has 1 N–H and O–H groups in total. The molecule has 1 amide bonds. The van der Waals surface area contributed by atoms with Gasteiger partial charge in [-0.15, -0.1) is 0 Å². The highest BCUT2D eigenvalue weighted by atomic mass is 32.2. The number of halogens is 1. The van der Waals surface area contributed by atoms with Crippen molar-refractivity contribution in [2.45, 2.75) is 25.1 Å². The standard InChI is InChI=1S/C18H23FN2O4S2/c1-3-16(18(22)20-10-12-26-13-14-7-6-11-25-14)21(27(2,23)24)17-9-5-4-8-15(17)19/h4-9,11,16H,3,10,12-13H2,1-2H3,(H,20,22). The first-order valence-corrected chi connectivity index (χ1v) is 11.5. The Morgan fingerprint density at radius 2 is 2.04 bits per heavy atom. The molecule has 6 nitrogen and oxygen atoms in total. The first-order valence-electron chi connectivity index (χ1n) is 8.46. The molecule has 1 atom stereocenters. The number of benzene rings is 1. The normalized spacial score (nSPS) is 12.6. The highest BCUT2D eigenvalue weighted by Crippen LogP contribution is 2.25. The Hall–Kier alpha value is -2.00. The van der Waals surface area contributed by atoms with Gasteiger partial charge in [-0.05, 0) is 30.7 Å². The molecule has 0 bridgehead atoms. The van der Waals surface area contributed by atoms with Crippen LogP contribution in [0.4, 0.5) is 10.1 Å². The number of hydrogen-bond donors (Lipinski definition) is 1. The van der Waals surface area contributed by atoms with Crippen molar-refractivity contribution in [2.75, 3.05) is 22.9 Å². The molecule has 0 saturated heterocycles. The van der Waals surface area contributed by atoms with Gasteiger partial charge in [0.15, 0.2) is 0 Å². The van der Waals surface area contributed by atoms with Gasteiger partial charge in [-0.25, -0.2) is 12.8 Å². The molecule has 0 aliphatic carbocycles. The number of nitrogens with zero attached hydrogens (tertiary/aromatic N) is 1. The van der Waals surface area contributed by atoms with Crippen LogP contribution in [0.1, 0.15) is 19.1 Å². The number of rotatable bonds is 10. The third-order valence-electron chi connectivity index (χ3n) is 3.79. The summed E-state index contributed by atoms with van der Waals surface area (Å²) >= 11 is 1.58. The lowest BCUT2D eigenvalue weighted by molar-refractivity contribution is -0.122. The number of nitrogens with one attached hydrogen (secondary N) is 1. The van der Waals surface area contributed by atoms with Gasteiger partial charge >= 0.3 is 0 Å². The molecule has 0 radical (unpaired) electrons. The summed E-state index contributed by atoms with van der Waals surface area (Å²) in [5, 5.41) is 2.74. The molecule has 1 aromatic heterocycles. The van der Waals surface area contributed by atoms with Gasteiger partial charge < -0.3 is 9.73 Å². The zero-order valence-electron chi connectivity index (χ0n) is 15.2. The van der Waals surface area contributed by atoms with Crippen LogP contribution in [0.3, 0.4) is 0 Å². The molecule has 2 aromatic rings. The number of amides is 1. The van der Waals surface area contributed by atoms with E-state index < -0.39 is 27.8 Å². The van der Waals surface area contributed by atoms with Crippen molar-refractivity contribution in [1.82, 2.24) is 5.32 Å². The predicted octanol–water partition coefficient (Wildman–Crippen LogP) is 3.01. The van der Waals surface area contributed by atoms with E-state index in [1.54, 1.807) is 24.9 Å². The molecule has 148 valence electrons. The number of carbonyl (C=O) groups excluding carboxylic acids is 1. The maximum absolute atomic E-state index is 14.2. The van der Waals surface area contributed by atoms with Gasteiger partial charge in [0, 0.05) is 12.3 Å². The van der Waals surface area contributed by atoms with Crippen molar-refractivity contribution in [3.05, 3.63) is 54.2 Å². The summed E-state index contributed by atoms with van der Waals surface area (Å²) in [4.78, 5) is 12.6. The molecule has 0 aliphatic heterocycles. The lowest BCUT2D eigenvalue weighted by atomic mass is 10.2. The molecule has 1 unspecified atom stereocenters. The second kappa shape index (κ2) is 9.80. The summed E-state index contributed by atoms with van der Waals surface area (Å²) in [6.45, 7) is 2.06. The largest absolute Gasteiger partial charge is 0.468 e. The first kappa shape index (κ1) is 21.3. The second-order valence-corrected chi connectivity index (χ2v) is 8.82. The van der Waals surface area contributed by atoms with Gasteiger partial charge in [0.2, 0.25) is 15.9 Å². The maximum Gasteiger partial charge on any atom is 0.243 e. The topological polar surface area (TPSA) is 79.6 Å². The monoisotopic (exact) mass is 414 g/mol. The summed E-state index contributed by atoms with van der Waals surface area (Å²) in [7, 11) is -3.85. The van der Waals surface area contributed by atoms with Gasteiger partial charge in [0.05, 0.1) is 24.0 Å². The van der Waals surface area contributed by atoms with E-state index in [1.165, 1.54) is 24.3 Å². The Bertz CT molecular complexity index is 841. The van der Waals surface area contributed by atoms with Crippen LogP contribution >= 0.6 is 11.8 Å². The summed E-state index contributed by atoms with van der Waals surface area (Å²) in [5.41, 5.74) is -0.130. The van der Waals surface area contributed by atoms with Crippen LogP contribution in [0.5, 0.6) is 0 Å². The van der Waals surface area contributed by atoms with Crippen molar-refractivity contribution in [1.29, 1.82) is 0 Å². The van der Waals surface area contributed by atoms with Gasteiger partial charge in [0.1, 0.15) is 17.6 Å². The van der Waals surface area contributed by atoms with E-state index in [1.807, 2.05) is 12.1 Å². The number of carbonyl (C=O) groups is 1. The Balaban J connectivity index is 2.01. The molecule has 2 rings (SSSR count). The third-order valence-corrected chi connectivity index (χ3v) is 5.94. The highest BCUT2D eigenvalue weighted by Gasteiger charge is 2.32. The molecule has 0 aliphatic rings. The molecule has 1 aromatic carbocycles. The van der Waals surface area contributed by atoms with Crippen molar-refractivity contribution >= 4 is 33.4 Å². The Labute approximate surface area is 163 Å². The fourth-order valence-corrected chi connectivity index (χ4v) is 4.57. The summed E-state index contributed by atoms with van der Waals surface area (Å²) in [6.07, 6.45) is 2.79. The van der Waals surface area contributed by atoms with Crippen molar-refractivity contribution in [3.8, 4) is 0 Å². The predicted molar refractivity (Wildman–Crippen MR) is 106 cm³/mol. The Morgan fingerprint density at radius 1 is 1.30 bits per heavy atom. The Kier molecular flexibility index (Phi) is 7.73. The zero-order chi connectivity index (χ0) is 19.9. The number of sulfonamides is 1. The number of para-hydroxylation sites is 1. The zero-order valence-corrected chi connectivity index (χ0v) is 16.9. The van der Waals surface area contributed by atoms with Crippen LogP contribution in [-0.4, -0.2) is 38.9 Å². The molecule has 27 heavy (non-hydrogen) atoms. The van der Waals surface area contributed by atoms with Crippen molar-refractivity contribution in [3.63, 3.8) is 0 Å². The number of anilines is 1. The number of thioether (sulfide) groups is 1. The molecule has 0 saturated carbocycles. The van der Waals surface area contributed by atoms with Crippen LogP contribution < -0.4 is 9.62 Å².